The van der Waals surface area contributed by atoms with Crippen molar-refractivity contribution < 1.29 is 0 Å². The van der Waals surface area contributed by atoms with Crippen molar-refractivity contribution in [3.8, 4) is 0 Å². The molecule has 0 nitrogen and oxygen atoms in total. The molecule has 8 heavy (non-hydrogen) atoms. The molecule has 44 valence electrons. The van der Waals surface area contributed by atoms with Gasteiger partial charge in [-0.2, -0.15) is 0 Å². The Morgan fingerprint density at radius 1 is 1.38 bits per heavy atom. The first-order chi connectivity index (χ1) is 3.06. The SMILES string of the molecule is BC(C)(C)CCC.[LiH]. The summed E-state index contributed by atoms with van der Waals surface area (Å²) in [6.07, 6.45) is 2.65. The van der Waals surface area contributed by atoms with E-state index in [4.69, 9.17) is 0 Å². The van der Waals surface area contributed by atoms with E-state index in [0.717, 1.165) is 0 Å². The summed E-state index contributed by atoms with van der Waals surface area (Å²) < 4.78 is 0. The van der Waals surface area contributed by atoms with E-state index in [0.29, 0.717) is 5.31 Å². The summed E-state index contributed by atoms with van der Waals surface area (Å²) in [5, 5.41) is 0.550. The number of rotatable bonds is 2. The second-order valence-corrected chi connectivity index (χ2v) is 3.31. The predicted molar refractivity (Wildman–Crippen MR) is 44.6 cm³/mol. The fourth-order valence-corrected chi connectivity index (χ4v) is 0.750. The molecule has 0 saturated carbocycles. The Balaban J connectivity index is 0. The van der Waals surface area contributed by atoms with Crippen LogP contribution in [0.1, 0.15) is 33.6 Å². The van der Waals surface area contributed by atoms with E-state index in [2.05, 4.69) is 28.6 Å². The van der Waals surface area contributed by atoms with Gasteiger partial charge in [0.25, 0.3) is 0 Å². The van der Waals surface area contributed by atoms with Crippen LogP contribution in [0.4, 0.5) is 0 Å². The zero-order chi connectivity index (χ0) is 5.91. The molecule has 0 fully saturated rings. The molecule has 0 heterocycles. The van der Waals surface area contributed by atoms with E-state index in [1.54, 1.807) is 0 Å². The monoisotopic (exact) mass is 106 g/mol. The second-order valence-electron chi connectivity index (χ2n) is 3.31. The van der Waals surface area contributed by atoms with Crippen LogP contribution in [-0.4, -0.2) is 26.7 Å². The molecule has 0 aromatic heterocycles. The van der Waals surface area contributed by atoms with E-state index >= 15 is 0 Å². The van der Waals surface area contributed by atoms with Crippen LogP contribution in [0.3, 0.4) is 0 Å². The Hall–Kier alpha value is 0.662. The first-order valence-electron chi connectivity index (χ1n) is 3.06. The molecule has 0 bridgehead atoms. The summed E-state index contributed by atoms with van der Waals surface area (Å²) in [5.74, 6) is 0. The number of hydrogen-bond acceptors (Lipinski definition) is 0. The predicted octanol–water partition coefficient (Wildman–Crippen LogP) is 0.970. The molecule has 0 unspecified atom stereocenters. The average Bonchev–Trinajstić information content (AvgIpc) is 1.30. The molecule has 0 aliphatic carbocycles. The molecule has 0 N–H and O–H groups in total. The van der Waals surface area contributed by atoms with Crippen LogP contribution < -0.4 is 0 Å². The van der Waals surface area contributed by atoms with Gasteiger partial charge in [-0.05, 0) is 0 Å². The zero-order valence-electron chi connectivity index (χ0n) is 5.91. The van der Waals surface area contributed by atoms with E-state index in [1.807, 2.05) is 0 Å². The second kappa shape index (κ2) is 4.53. The van der Waals surface area contributed by atoms with Crippen molar-refractivity contribution >= 4 is 26.7 Å². The third kappa shape index (κ3) is 9.83. The summed E-state index contributed by atoms with van der Waals surface area (Å²) in [7, 11) is 2.27. The van der Waals surface area contributed by atoms with Crippen molar-refractivity contribution in [1.29, 1.82) is 0 Å². The molecular formula is C6H16BLi. The Labute approximate surface area is 66.0 Å². The summed E-state index contributed by atoms with van der Waals surface area (Å²) >= 11 is 0. The summed E-state index contributed by atoms with van der Waals surface area (Å²) in [4.78, 5) is 0. The fourth-order valence-electron chi connectivity index (χ4n) is 0.750. The maximum absolute atomic E-state index is 2.27. The molecule has 0 spiro atoms. The third-order valence-corrected chi connectivity index (χ3v) is 1.000. The van der Waals surface area contributed by atoms with Gasteiger partial charge in [-0.25, -0.2) is 0 Å². The van der Waals surface area contributed by atoms with Gasteiger partial charge in [0.2, 0.25) is 0 Å². The van der Waals surface area contributed by atoms with Crippen molar-refractivity contribution in [2.24, 2.45) is 0 Å². The molecule has 0 aliphatic rings. The van der Waals surface area contributed by atoms with Crippen molar-refractivity contribution in [3.63, 3.8) is 0 Å². The molecule has 0 atom stereocenters. The van der Waals surface area contributed by atoms with Gasteiger partial charge in [0.05, 0.1) is 0 Å². The van der Waals surface area contributed by atoms with Crippen LogP contribution in [0.25, 0.3) is 0 Å². The quantitative estimate of drug-likeness (QED) is 0.460. The van der Waals surface area contributed by atoms with Crippen molar-refractivity contribution in [2.45, 2.75) is 38.9 Å². The van der Waals surface area contributed by atoms with Gasteiger partial charge >= 0.3 is 18.9 Å². The minimum absolute atomic E-state index is 0. The van der Waals surface area contributed by atoms with E-state index in [9.17, 15) is 0 Å². The van der Waals surface area contributed by atoms with Crippen molar-refractivity contribution in [1.82, 2.24) is 0 Å². The van der Waals surface area contributed by atoms with E-state index in [1.165, 1.54) is 12.8 Å². The van der Waals surface area contributed by atoms with Crippen LogP contribution in [0, 0.1) is 0 Å². The molecule has 0 amide bonds. The Morgan fingerprint density at radius 3 is 1.75 bits per heavy atom. The van der Waals surface area contributed by atoms with Crippen LogP contribution in [0.5, 0.6) is 0 Å². The normalized spacial score (nSPS) is 10.4. The molecule has 0 aromatic carbocycles. The fraction of sp³-hybridized carbons (Fsp3) is 1.00. The summed E-state index contributed by atoms with van der Waals surface area (Å²) in [6, 6.07) is 0. The average molecular weight is 106 g/mol. The van der Waals surface area contributed by atoms with Gasteiger partial charge in [-0.3, -0.25) is 0 Å². The number of hydrogen-bond donors (Lipinski definition) is 0. The standard InChI is InChI=1S/C6H15B.Li.H/c1-4-5-6(2,3)7;;/h4-5,7H2,1-3H3;;. The Kier molecular flexibility index (Phi) is 6.49. The van der Waals surface area contributed by atoms with Gasteiger partial charge in [0, 0.05) is 0 Å². The molecule has 2 heteroatoms. The van der Waals surface area contributed by atoms with Crippen molar-refractivity contribution in [3.05, 3.63) is 0 Å². The molecule has 0 aliphatic heterocycles. The third-order valence-electron chi connectivity index (χ3n) is 1.000. The van der Waals surface area contributed by atoms with E-state index in [-0.39, 0.29) is 18.9 Å². The van der Waals surface area contributed by atoms with Gasteiger partial charge in [-0.15, -0.1) is 0 Å². The van der Waals surface area contributed by atoms with Gasteiger partial charge in [0.1, 0.15) is 7.85 Å². The first-order valence-corrected chi connectivity index (χ1v) is 3.06. The maximum atomic E-state index is 2.27. The van der Waals surface area contributed by atoms with Gasteiger partial charge < -0.3 is 0 Å². The van der Waals surface area contributed by atoms with Gasteiger partial charge in [-0.1, -0.05) is 38.9 Å². The topological polar surface area (TPSA) is 0 Å². The van der Waals surface area contributed by atoms with Crippen LogP contribution >= 0.6 is 0 Å². The molecular weight excluding hydrogens is 89.8 g/mol. The van der Waals surface area contributed by atoms with E-state index < -0.39 is 0 Å². The minimum atomic E-state index is 0. The zero-order valence-corrected chi connectivity index (χ0v) is 5.91. The Bertz CT molecular complexity index is 47.0. The Morgan fingerprint density at radius 2 is 1.75 bits per heavy atom. The molecule has 0 radical (unpaired) electrons. The summed E-state index contributed by atoms with van der Waals surface area (Å²) in [5.41, 5.74) is 0. The van der Waals surface area contributed by atoms with Crippen LogP contribution in [0.15, 0.2) is 0 Å². The van der Waals surface area contributed by atoms with Crippen LogP contribution in [-0.2, 0) is 0 Å². The van der Waals surface area contributed by atoms with Gasteiger partial charge in [0.15, 0.2) is 0 Å². The first kappa shape index (κ1) is 11.5. The summed E-state index contributed by atoms with van der Waals surface area (Å²) in [6.45, 7) is 6.78. The van der Waals surface area contributed by atoms with Crippen LogP contribution in [0.2, 0.25) is 5.31 Å². The molecule has 0 saturated heterocycles. The molecule has 0 aromatic rings. The molecule has 0 rings (SSSR count). The van der Waals surface area contributed by atoms with Crippen molar-refractivity contribution in [2.75, 3.05) is 0 Å².